The van der Waals surface area contributed by atoms with Crippen molar-refractivity contribution in [1.29, 1.82) is 0 Å². The van der Waals surface area contributed by atoms with Crippen LogP contribution < -0.4 is 4.90 Å². The van der Waals surface area contributed by atoms with Gasteiger partial charge in [-0.25, -0.2) is 0 Å². The van der Waals surface area contributed by atoms with Gasteiger partial charge in [-0.1, -0.05) is 20.3 Å². The minimum absolute atomic E-state index is 0.527. The van der Waals surface area contributed by atoms with Crippen LogP contribution in [0.4, 0.5) is 5.69 Å². The highest BCUT2D eigenvalue weighted by atomic mass is 35.5. The van der Waals surface area contributed by atoms with E-state index in [1.54, 1.807) is 0 Å². The summed E-state index contributed by atoms with van der Waals surface area (Å²) in [5, 5.41) is 0. The Morgan fingerprint density at radius 2 is 2.06 bits per heavy atom. The summed E-state index contributed by atoms with van der Waals surface area (Å²) in [5.74, 6) is 0.546. The predicted octanol–water partition coefficient (Wildman–Crippen LogP) is 4.15. The highest BCUT2D eigenvalue weighted by Gasteiger charge is 2.29. The Hall–Kier alpha value is -0.760. The van der Waals surface area contributed by atoms with Crippen LogP contribution in [-0.4, -0.2) is 18.1 Å². The first-order valence-electron chi connectivity index (χ1n) is 6.84. The van der Waals surface area contributed by atoms with E-state index in [-0.39, 0.29) is 0 Å². The molecular weight excluding hydrogens is 244 g/mol. The number of aromatic nitrogens is 1. The molecule has 1 aromatic rings. The van der Waals surface area contributed by atoms with Crippen molar-refractivity contribution in [2.75, 3.05) is 18.0 Å². The fourth-order valence-corrected chi connectivity index (χ4v) is 2.82. The zero-order valence-electron chi connectivity index (χ0n) is 11.7. The van der Waals surface area contributed by atoms with Crippen LogP contribution in [0.2, 0.25) is 0 Å². The van der Waals surface area contributed by atoms with Gasteiger partial charge in [0.2, 0.25) is 0 Å². The van der Waals surface area contributed by atoms with E-state index >= 15 is 0 Å². The van der Waals surface area contributed by atoms with E-state index in [1.165, 1.54) is 24.9 Å². The Morgan fingerprint density at radius 3 is 2.61 bits per heavy atom. The van der Waals surface area contributed by atoms with Crippen LogP contribution in [0.25, 0.3) is 0 Å². The van der Waals surface area contributed by atoms with Gasteiger partial charge in [0.05, 0.1) is 5.88 Å². The Labute approximate surface area is 115 Å². The minimum Gasteiger partial charge on any atom is -0.371 e. The summed E-state index contributed by atoms with van der Waals surface area (Å²) < 4.78 is 0. The van der Waals surface area contributed by atoms with Gasteiger partial charge in [0.15, 0.2) is 0 Å². The average Bonchev–Trinajstić information content (AvgIpc) is 2.39. The monoisotopic (exact) mass is 266 g/mol. The SMILES string of the molecule is CCC1(C)CCN(c2cc(C)ncc2CCl)CC1. The molecule has 0 unspecified atom stereocenters. The van der Waals surface area contributed by atoms with Crippen molar-refractivity contribution in [2.24, 2.45) is 5.41 Å². The third-order valence-electron chi connectivity index (χ3n) is 4.41. The highest BCUT2D eigenvalue weighted by molar-refractivity contribution is 6.17. The molecule has 0 bridgehead atoms. The molecule has 2 rings (SSSR count). The maximum Gasteiger partial charge on any atom is 0.0509 e. The summed E-state index contributed by atoms with van der Waals surface area (Å²) in [6.45, 7) is 9.03. The van der Waals surface area contributed by atoms with Gasteiger partial charge in [-0.2, -0.15) is 0 Å². The van der Waals surface area contributed by atoms with Crippen molar-refractivity contribution in [3.05, 3.63) is 23.5 Å². The van der Waals surface area contributed by atoms with Crippen LogP contribution >= 0.6 is 11.6 Å². The van der Waals surface area contributed by atoms with E-state index in [9.17, 15) is 0 Å². The Kier molecular flexibility index (Phi) is 4.16. The second-order valence-electron chi connectivity index (χ2n) is 5.74. The van der Waals surface area contributed by atoms with E-state index in [4.69, 9.17) is 11.6 Å². The van der Waals surface area contributed by atoms with Crippen LogP contribution in [0.15, 0.2) is 12.3 Å². The molecule has 100 valence electrons. The molecule has 1 saturated heterocycles. The number of hydrogen-bond donors (Lipinski definition) is 0. The van der Waals surface area contributed by atoms with Crippen molar-refractivity contribution >= 4 is 17.3 Å². The molecule has 0 atom stereocenters. The molecule has 1 aliphatic heterocycles. The molecular formula is C15H23ClN2. The molecule has 1 aromatic heterocycles. The highest BCUT2D eigenvalue weighted by Crippen LogP contribution is 2.36. The third kappa shape index (κ3) is 2.80. The van der Waals surface area contributed by atoms with Crippen LogP contribution in [0, 0.1) is 12.3 Å². The number of rotatable bonds is 3. The van der Waals surface area contributed by atoms with Crippen LogP contribution in [0.3, 0.4) is 0 Å². The van der Waals surface area contributed by atoms with Gasteiger partial charge in [0.25, 0.3) is 0 Å². The fraction of sp³-hybridized carbons (Fsp3) is 0.667. The Morgan fingerprint density at radius 1 is 1.39 bits per heavy atom. The first-order valence-corrected chi connectivity index (χ1v) is 7.38. The molecule has 1 aliphatic rings. The number of alkyl halides is 1. The van der Waals surface area contributed by atoms with Crippen LogP contribution in [-0.2, 0) is 5.88 Å². The lowest BCUT2D eigenvalue weighted by Crippen LogP contribution is -2.38. The van der Waals surface area contributed by atoms with Gasteiger partial charge in [0, 0.05) is 36.2 Å². The van der Waals surface area contributed by atoms with Crippen LogP contribution in [0.1, 0.15) is 44.4 Å². The lowest BCUT2D eigenvalue weighted by molar-refractivity contribution is 0.238. The molecule has 0 saturated carbocycles. The number of halogens is 1. The smallest absolute Gasteiger partial charge is 0.0509 e. The summed E-state index contributed by atoms with van der Waals surface area (Å²) >= 11 is 6.02. The van der Waals surface area contributed by atoms with Crippen molar-refractivity contribution in [3.8, 4) is 0 Å². The summed E-state index contributed by atoms with van der Waals surface area (Å²) in [7, 11) is 0. The molecule has 3 heteroatoms. The van der Waals surface area contributed by atoms with Crippen molar-refractivity contribution < 1.29 is 0 Å². The number of piperidine rings is 1. The number of aryl methyl sites for hydroxylation is 1. The first-order chi connectivity index (χ1) is 8.58. The van der Waals surface area contributed by atoms with Gasteiger partial charge in [0.1, 0.15) is 0 Å². The number of anilines is 1. The molecule has 2 nitrogen and oxygen atoms in total. The van der Waals surface area contributed by atoms with Gasteiger partial charge in [-0.3, -0.25) is 4.98 Å². The molecule has 0 N–H and O–H groups in total. The van der Waals surface area contributed by atoms with Crippen molar-refractivity contribution in [1.82, 2.24) is 4.98 Å². The summed E-state index contributed by atoms with van der Waals surface area (Å²) in [4.78, 5) is 6.82. The minimum atomic E-state index is 0.527. The summed E-state index contributed by atoms with van der Waals surface area (Å²) in [6.07, 6.45) is 5.74. The molecule has 18 heavy (non-hydrogen) atoms. The molecule has 0 radical (unpaired) electrons. The molecule has 0 spiro atoms. The second kappa shape index (κ2) is 5.48. The average molecular weight is 267 g/mol. The van der Waals surface area contributed by atoms with Gasteiger partial charge in [-0.15, -0.1) is 11.6 Å². The van der Waals surface area contributed by atoms with E-state index in [0.717, 1.165) is 24.3 Å². The van der Waals surface area contributed by atoms with E-state index in [2.05, 4.69) is 29.8 Å². The second-order valence-corrected chi connectivity index (χ2v) is 6.01. The molecule has 0 amide bonds. The van der Waals surface area contributed by atoms with E-state index in [1.807, 2.05) is 13.1 Å². The fourth-order valence-electron chi connectivity index (χ4n) is 2.61. The largest absolute Gasteiger partial charge is 0.371 e. The maximum atomic E-state index is 6.02. The zero-order valence-corrected chi connectivity index (χ0v) is 12.4. The topological polar surface area (TPSA) is 16.1 Å². The summed E-state index contributed by atoms with van der Waals surface area (Å²) in [5.41, 5.74) is 4.04. The molecule has 0 aromatic carbocycles. The Bertz CT molecular complexity index is 409. The maximum absolute atomic E-state index is 6.02. The van der Waals surface area contributed by atoms with Gasteiger partial charge >= 0.3 is 0 Å². The number of nitrogens with zero attached hydrogens (tertiary/aromatic N) is 2. The summed E-state index contributed by atoms with van der Waals surface area (Å²) in [6, 6.07) is 2.17. The van der Waals surface area contributed by atoms with Gasteiger partial charge in [-0.05, 0) is 31.2 Å². The molecule has 2 heterocycles. The normalized spacial score (nSPS) is 19.0. The van der Waals surface area contributed by atoms with Crippen LogP contribution in [0.5, 0.6) is 0 Å². The lowest BCUT2D eigenvalue weighted by atomic mass is 9.78. The van der Waals surface area contributed by atoms with Crippen molar-refractivity contribution in [2.45, 2.75) is 45.9 Å². The third-order valence-corrected chi connectivity index (χ3v) is 4.70. The van der Waals surface area contributed by atoms with E-state index in [0.29, 0.717) is 11.3 Å². The Balaban J connectivity index is 2.16. The standard InChI is InChI=1S/C15H23ClN2/c1-4-15(3)5-7-18(8-6-15)14-9-12(2)17-11-13(14)10-16/h9,11H,4-8,10H2,1-3H3. The molecule has 0 aliphatic carbocycles. The lowest BCUT2D eigenvalue weighted by Gasteiger charge is -2.40. The quantitative estimate of drug-likeness (QED) is 0.765. The molecule has 1 fully saturated rings. The van der Waals surface area contributed by atoms with Crippen molar-refractivity contribution in [3.63, 3.8) is 0 Å². The number of pyridine rings is 1. The van der Waals surface area contributed by atoms with E-state index < -0.39 is 0 Å². The zero-order chi connectivity index (χ0) is 13.2. The first kappa shape index (κ1) is 13.7. The van der Waals surface area contributed by atoms with Gasteiger partial charge < -0.3 is 4.90 Å². The number of hydrogen-bond acceptors (Lipinski definition) is 2. The predicted molar refractivity (Wildman–Crippen MR) is 78.4 cm³/mol.